The second kappa shape index (κ2) is 5.91. The largest absolute Gasteiger partial charge is 0.444 e. The third kappa shape index (κ3) is 4.34. The van der Waals surface area contributed by atoms with Gasteiger partial charge in [0.1, 0.15) is 11.6 Å². The summed E-state index contributed by atoms with van der Waals surface area (Å²) in [6.07, 6.45) is 2.57. The SMILES string of the molecule is CC(C)(C)OC(=O)N1CCCC1C(=O)NNC(=O)C1CC1. The number of ether oxygens (including phenoxy) is 1. The molecule has 21 heavy (non-hydrogen) atoms. The van der Waals surface area contributed by atoms with Gasteiger partial charge in [-0.25, -0.2) is 4.79 Å². The summed E-state index contributed by atoms with van der Waals surface area (Å²) in [6.45, 7) is 5.84. The number of nitrogens with zero attached hydrogens (tertiary/aromatic N) is 1. The fourth-order valence-corrected chi connectivity index (χ4v) is 2.23. The van der Waals surface area contributed by atoms with Crippen molar-refractivity contribution in [2.24, 2.45) is 5.92 Å². The Bertz CT molecular complexity index is 440. The Morgan fingerprint density at radius 3 is 2.24 bits per heavy atom. The molecule has 1 heterocycles. The van der Waals surface area contributed by atoms with Crippen molar-refractivity contribution in [3.05, 3.63) is 0 Å². The summed E-state index contributed by atoms with van der Waals surface area (Å²) in [5.41, 5.74) is 4.22. The van der Waals surface area contributed by atoms with Crippen LogP contribution in [-0.2, 0) is 14.3 Å². The molecular weight excluding hydrogens is 274 g/mol. The van der Waals surface area contributed by atoms with Gasteiger partial charge in [-0.15, -0.1) is 0 Å². The fourth-order valence-electron chi connectivity index (χ4n) is 2.23. The maximum absolute atomic E-state index is 12.1. The molecule has 1 saturated heterocycles. The first-order chi connectivity index (χ1) is 9.78. The zero-order valence-electron chi connectivity index (χ0n) is 12.8. The van der Waals surface area contributed by atoms with Gasteiger partial charge >= 0.3 is 6.09 Å². The van der Waals surface area contributed by atoms with Crippen LogP contribution in [-0.4, -0.2) is 41.0 Å². The van der Waals surface area contributed by atoms with Crippen molar-refractivity contribution >= 4 is 17.9 Å². The first-order valence-corrected chi connectivity index (χ1v) is 7.37. The number of amides is 3. The lowest BCUT2D eigenvalue weighted by Crippen LogP contribution is -2.52. The number of carbonyl (C=O) groups is 3. The minimum atomic E-state index is -0.596. The van der Waals surface area contributed by atoms with Crippen molar-refractivity contribution in [3.63, 3.8) is 0 Å². The molecule has 3 amide bonds. The highest BCUT2D eigenvalue weighted by Gasteiger charge is 2.37. The van der Waals surface area contributed by atoms with E-state index in [0.29, 0.717) is 13.0 Å². The zero-order valence-corrected chi connectivity index (χ0v) is 12.8. The van der Waals surface area contributed by atoms with Gasteiger partial charge in [0, 0.05) is 12.5 Å². The Labute approximate surface area is 124 Å². The van der Waals surface area contributed by atoms with E-state index in [1.54, 1.807) is 20.8 Å². The van der Waals surface area contributed by atoms with Crippen LogP contribution in [0.5, 0.6) is 0 Å². The molecule has 0 aromatic rings. The fraction of sp³-hybridized carbons (Fsp3) is 0.786. The van der Waals surface area contributed by atoms with Gasteiger partial charge in [0.25, 0.3) is 5.91 Å². The highest BCUT2D eigenvalue weighted by atomic mass is 16.6. The van der Waals surface area contributed by atoms with Crippen molar-refractivity contribution in [2.45, 2.75) is 58.1 Å². The standard InChI is InChI=1S/C14H23N3O4/c1-14(2,3)21-13(20)17-8-4-5-10(17)12(19)16-15-11(18)9-6-7-9/h9-10H,4-8H2,1-3H3,(H,15,18)(H,16,19). The third-order valence-corrected chi connectivity index (χ3v) is 3.44. The smallest absolute Gasteiger partial charge is 0.410 e. The predicted molar refractivity (Wildman–Crippen MR) is 75.0 cm³/mol. The molecule has 7 nitrogen and oxygen atoms in total. The average Bonchev–Trinajstić information content (AvgIpc) is 3.10. The highest BCUT2D eigenvalue weighted by molar-refractivity contribution is 5.89. The molecule has 1 unspecified atom stereocenters. The first kappa shape index (κ1) is 15.6. The van der Waals surface area contributed by atoms with E-state index in [2.05, 4.69) is 10.9 Å². The van der Waals surface area contributed by atoms with Crippen molar-refractivity contribution in [3.8, 4) is 0 Å². The zero-order chi connectivity index (χ0) is 15.6. The summed E-state index contributed by atoms with van der Waals surface area (Å²) in [5.74, 6) is -0.506. The lowest BCUT2D eigenvalue weighted by atomic mass is 10.2. The summed E-state index contributed by atoms with van der Waals surface area (Å²) in [6, 6.07) is -0.584. The summed E-state index contributed by atoms with van der Waals surface area (Å²) in [7, 11) is 0. The molecule has 1 saturated carbocycles. The predicted octanol–water partition coefficient (Wildman–Crippen LogP) is 0.943. The maximum atomic E-state index is 12.1. The molecule has 0 radical (unpaired) electrons. The second-order valence-electron chi connectivity index (χ2n) is 6.58. The van der Waals surface area contributed by atoms with Crippen LogP contribution in [0.2, 0.25) is 0 Å². The van der Waals surface area contributed by atoms with E-state index in [-0.39, 0.29) is 17.7 Å². The minimum absolute atomic E-state index is 0.0239. The molecular formula is C14H23N3O4. The van der Waals surface area contributed by atoms with Gasteiger partial charge in [-0.3, -0.25) is 25.3 Å². The topological polar surface area (TPSA) is 87.7 Å². The van der Waals surface area contributed by atoms with Gasteiger partial charge in [-0.1, -0.05) is 0 Å². The third-order valence-electron chi connectivity index (χ3n) is 3.44. The first-order valence-electron chi connectivity index (χ1n) is 7.37. The van der Waals surface area contributed by atoms with Gasteiger partial charge in [0.15, 0.2) is 0 Å². The van der Waals surface area contributed by atoms with E-state index < -0.39 is 17.7 Å². The average molecular weight is 297 g/mol. The van der Waals surface area contributed by atoms with E-state index in [1.165, 1.54) is 4.90 Å². The molecule has 0 bridgehead atoms. The van der Waals surface area contributed by atoms with E-state index in [0.717, 1.165) is 19.3 Å². The van der Waals surface area contributed by atoms with E-state index in [9.17, 15) is 14.4 Å². The van der Waals surface area contributed by atoms with Crippen molar-refractivity contribution < 1.29 is 19.1 Å². The normalized spacial score (nSPS) is 21.9. The molecule has 7 heteroatoms. The number of likely N-dealkylation sites (tertiary alicyclic amines) is 1. The molecule has 1 aliphatic heterocycles. The summed E-state index contributed by atoms with van der Waals surface area (Å²) < 4.78 is 5.30. The van der Waals surface area contributed by atoms with Crippen LogP contribution >= 0.6 is 0 Å². The van der Waals surface area contributed by atoms with Gasteiger partial charge in [-0.2, -0.15) is 0 Å². The number of rotatable bonds is 2. The van der Waals surface area contributed by atoms with Crippen molar-refractivity contribution in [2.75, 3.05) is 6.54 Å². The second-order valence-corrected chi connectivity index (χ2v) is 6.58. The number of hydrazine groups is 1. The number of hydrogen-bond acceptors (Lipinski definition) is 4. The van der Waals surface area contributed by atoms with Crippen LogP contribution in [0.4, 0.5) is 4.79 Å². The lowest BCUT2D eigenvalue weighted by Gasteiger charge is -2.28. The van der Waals surface area contributed by atoms with Crippen LogP contribution in [0.15, 0.2) is 0 Å². The van der Waals surface area contributed by atoms with E-state index in [1.807, 2.05) is 0 Å². The number of hydrogen-bond donors (Lipinski definition) is 2. The molecule has 1 atom stereocenters. The maximum Gasteiger partial charge on any atom is 0.410 e. The van der Waals surface area contributed by atoms with Gasteiger partial charge < -0.3 is 4.74 Å². The Morgan fingerprint density at radius 1 is 1.05 bits per heavy atom. The van der Waals surface area contributed by atoms with Crippen LogP contribution in [0.25, 0.3) is 0 Å². The Kier molecular flexibility index (Phi) is 4.39. The van der Waals surface area contributed by atoms with Crippen molar-refractivity contribution in [1.29, 1.82) is 0 Å². The van der Waals surface area contributed by atoms with Gasteiger partial charge in [-0.05, 0) is 46.5 Å². The van der Waals surface area contributed by atoms with Crippen LogP contribution in [0.1, 0.15) is 46.5 Å². The molecule has 0 aromatic carbocycles. The summed E-state index contributed by atoms with van der Waals surface area (Å²) in [4.78, 5) is 37.1. The molecule has 2 aliphatic rings. The van der Waals surface area contributed by atoms with Crippen LogP contribution < -0.4 is 10.9 Å². The van der Waals surface area contributed by atoms with Gasteiger partial charge in [0.05, 0.1) is 0 Å². The Hall–Kier alpha value is -1.79. The molecule has 2 N–H and O–H groups in total. The molecule has 0 aromatic heterocycles. The molecule has 2 rings (SSSR count). The van der Waals surface area contributed by atoms with E-state index in [4.69, 9.17) is 4.74 Å². The molecule has 0 spiro atoms. The minimum Gasteiger partial charge on any atom is -0.444 e. The Morgan fingerprint density at radius 2 is 1.67 bits per heavy atom. The van der Waals surface area contributed by atoms with Crippen molar-refractivity contribution in [1.82, 2.24) is 15.8 Å². The number of carbonyl (C=O) groups excluding carboxylic acids is 3. The summed E-state index contributed by atoms with van der Waals surface area (Å²) in [5, 5.41) is 0. The summed E-state index contributed by atoms with van der Waals surface area (Å²) >= 11 is 0. The van der Waals surface area contributed by atoms with Gasteiger partial charge in [0.2, 0.25) is 5.91 Å². The monoisotopic (exact) mass is 297 g/mol. The van der Waals surface area contributed by atoms with Crippen LogP contribution in [0, 0.1) is 5.92 Å². The quantitative estimate of drug-likeness (QED) is 0.743. The Balaban J connectivity index is 1.86. The highest BCUT2D eigenvalue weighted by Crippen LogP contribution is 2.28. The molecule has 1 aliphatic carbocycles. The molecule has 118 valence electrons. The molecule has 2 fully saturated rings. The lowest BCUT2D eigenvalue weighted by molar-refractivity contribution is -0.131. The van der Waals surface area contributed by atoms with Crippen LogP contribution in [0.3, 0.4) is 0 Å². The number of nitrogens with one attached hydrogen (secondary N) is 2. The van der Waals surface area contributed by atoms with E-state index >= 15 is 0 Å².